The highest BCUT2D eigenvalue weighted by molar-refractivity contribution is 5.76. The molecule has 7 heteroatoms. The van der Waals surface area contributed by atoms with Gasteiger partial charge in [0.2, 0.25) is 11.9 Å². The first-order valence-corrected chi connectivity index (χ1v) is 12.5. The Kier molecular flexibility index (Phi) is 7.23. The van der Waals surface area contributed by atoms with Crippen molar-refractivity contribution in [1.29, 1.82) is 0 Å². The molecule has 0 saturated carbocycles. The Morgan fingerprint density at radius 3 is 2.71 bits per heavy atom. The number of nitrogens with zero attached hydrogens (tertiary/aromatic N) is 3. The van der Waals surface area contributed by atoms with Crippen LogP contribution in [0.3, 0.4) is 0 Å². The number of hydrogen-bond donors (Lipinski definition) is 2. The van der Waals surface area contributed by atoms with Crippen LogP contribution >= 0.6 is 0 Å². The minimum absolute atomic E-state index is 0.102. The summed E-state index contributed by atoms with van der Waals surface area (Å²) in [4.78, 5) is 24.7. The molecular weight excluding hydrogens is 440 g/mol. The number of nitrogens with one attached hydrogen (secondary N) is 1. The maximum Gasteiger partial charge on any atom is 0.226 e. The normalized spacial score (nSPS) is 17.6. The number of hydrogen-bond acceptors (Lipinski definition) is 6. The summed E-state index contributed by atoms with van der Waals surface area (Å²) >= 11 is 0. The van der Waals surface area contributed by atoms with Crippen molar-refractivity contribution in [2.24, 2.45) is 5.92 Å². The van der Waals surface area contributed by atoms with Crippen LogP contribution in [0.2, 0.25) is 0 Å². The van der Waals surface area contributed by atoms with Crippen LogP contribution in [0, 0.1) is 5.92 Å². The zero-order chi connectivity index (χ0) is 24.0. The van der Waals surface area contributed by atoms with Gasteiger partial charge in [0.15, 0.2) is 0 Å². The lowest BCUT2D eigenvalue weighted by molar-refractivity contribution is -0.122. The van der Waals surface area contributed by atoms with Crippen LogP contribution in [0.1, 0.15) is 29.7 Å². The molecule has 2 heterocycles. The number of phenolic OH excluding ortho intramolecular Hbond substituents is 1. The van der Waals surface area contributed by atoms with Crippen molar-refractivity contribution in [3.8, 4) is 17.0 Å². The predicted molar refractivity (Wildman–Crippen MR) is 135 cm³/mol. The van der Waals surface area contributed by atoms with E-state index in [1.54, 1.807) is 12.1 Å². The predicted octanol–water partition coefficient (Wildman–Crippen LogP) is 3.54. The van der Waals surface area contributed by atoms with Gasteiger partial charge in [-0.15, -0.1) is 0 Å². The summed E-state index contributed by atoms with van der Waals surface area (Å²) in [5.74, 6) is 1.29. The molecule has 1 aromatic heterocycles. The molecule has 1 atom stereocenters. The van der Waals surface area contributed by atoms with Gasteiger partial charge in [0, 0.05) is 37.2 Å². The summed E-state index contributed by atoms with van der Waals surface area (Å²) in [6.45, 7) is 3.48. The van der Waals surface area contributed by atoms with Gasteiger partial charge in [-0.25, -0.2) is 9.97 Å². The minimum atomic E-state index is 0.102. The van der Waals surface area contributed by atoms with E-state index in [2.05, 4.69) is 22.3 Å². The Hall–Kier alpha value is -3.45. The SMILES string of the molecule is O=C(CC1CCc2c(nc(N3CCOCC3)nc2-c2cccc(O)c2)C1)NCCc1ccccc1. The third-order valence-corrected chi connectivity index (χ3v) is 6.83. The maximum atomic E-state index is 12.7. The van der Waals surface area contributed by atoms with E-state index >= 15 is 0 Å². The molecule has 1 unspecified atom stereocenters. The van der Waals surface area contributed by atoms with Crippen molar-refractivity contribution in [1.82, 2.24) is 15.3 Å². The van der Waals surface area contributed by atoms with Gasteiger partial charge in [-0.1, -0.05) is 42.5 Å². The van der Waals surface area contributed by atoms with E-state index in [-0.39, 0.29) is 17.6 Å². The highest BCUT2D eigenvalue weighted by Crippen LogP contribution is 2.35. The average molecular weight is 473 g/mol. The fourth-order valence-electron chi connectivity index (χ4n) is 4.97. The zero-order valence-electron chi connectivity index (χ0n) is 19.9. The first kappa shape index (κ1) is 23.3. The van der Waals surface area contributed by atoms with Crippen molar-refractivity contribution in [3.63, 3.8) is 0 Å². The van der Waals surface area contributed by atoms with Gasteiger partial charge >= 0.3 is 0 Å². The summed E-state index contributed by atoms with van der Waals surface area (Å²) in [6.07, 6.45) is 3.85. The van der Waals surface area contributed by atoms with Crippen molar-refractivity contribution in [2.75, 3.05) is 37.7 Å². The topological polar surface area (TPSA) is 87.6 Å². The number of aromatic nitrogens is 2. The van der Waals surface area contributed by atoms with Crippen molar-refractivity contribution >= 4 is 11.9 Å². The highest BCUT2D eigenvalue weighted by Gasteiger charge is 2.27. The molecule has 2 aliphatic rings. The smallest absolute Gasteiger partial charge is 0.226 e. The van der Waals surface area contributed by atoms with Gasteiger partial charge in [0.1, 0.15) is 5.75 Å². The summed E-state index contributed by atoms with van der Waals surface area (Å²) in [6, 6.07) is 17.5. The molecule has 35 heavy (non-hydrogen) atoms. The lowest BCUT2D eigenvalue weighted by Gasteiger charge is -2.30. The third kappa shape index (κ3) is 5.80. The van der Waals surface area contributed by atoms with E-state index in [0.717, 1.165) is 61.3 Å². The van der Waals surface area contributed by atoms with Gasteiger partial charge in [-0.2, -0.15) is 0 Å². The monoisotopic (exact) mass is 472 g/mol. The van der Waals surface area contributed by atoms with Crippen LogP contribution in [-0.2, 0) is 28.8 Å². The van der Waals surface area contributed by atoms with E-state index in [0.29, 0.717) is 32.1 Å². The number of morpholine rings is 1. The van der Waals surface area contributed by atoms with Gasteiger partial charge < -0.3 is 20.1 Å². The summed E-state index contributed by atoms with van der Waals surface area (Å²) in [5, 5.41) is 13.2. The fraction of sp³-hybridized carbons (Fsp3) is 0.393. The second-order valence-corrected chi connectivity index (χ2v) is 9.35. The number of carbonyl (C=O) groups is 1. The van der Waals surface area contributed by atoms with Gasteiger partial charge in [-0.05, 0) is 49.3 Å². The quantitative estimate of drug-likeness (QED) is 0.547. The lowest BCUT2D eigenvalue weighted by atomic mass is 9.83. The first-order chi connectivity index (χ1) is 17.2. The van der Waals surface area contributed by atoms with Crippen LogP contribution in [0.25, 0.3) is 11.3 Å². The molecule has 1 amide bonds. The molecule has 3 aromatic rings. The molecular formula is C28H32N4O3. The number of ether oxygens (including phenoxy) is 1. The van der Waals surface area contributed by atoms with E-state index < -0.39 is 0 Å². The molecule has 2 N–H and O–H groups in total. The molecule has 1 saturated heterocycles. The Morgan fingerprint density at radius 1 is 1.09 bits per heavy atom. The standard InChI is InChI=1S/C28H32N4O3/c33-23-8-4-7-22(19-23)27-24-10-9-21(18-26(34)29-12-11-20-5-2-1-3-6-20)17-25(24)30-28(31-27)32-13-15-35-16-14-32/h1-8,19,21,33H,9-18H2,(H,29,34). The number of phenols is 1. The maximum absolute atomic E-state index is 12.7. The Balaban J connectivity index is 1.31. The van der Waals surface area contributed by atoms with Crippen molar-refractivity contribution in [3.05, 3.63) is 71.4 Å². The zero-order valence-corrected chi connectivity index (χ0v) is 19.9. The highest BCUT2D eigenvalue weighted by atomic mass is 16.5. The van der Waals surface area contributed by atoms with E-state index in [1.165, 1.54) is 5.56 Å². The van der Waals surface area contributed by atoms with Gasteiger partial charge in [0.05, 0.1) is 24.6 Å². The van der Waals surface area contributed by atoms with Crippen LogP contribution in [0.15, 0.2) is 54.6 Å². The molecule has 5 rings (SSSR count). The first-order valence-electron chi connectivity index (χ1n) is 12.5. The molecule has 0 radical (unpaired) electrons. The number of aromatic hydroxyl groups is 1. The van der Waals surface area contributed by atoms with Gasteiger partial charge in [0.25, 0.3) is 0 Å². The molecule has 1 fully saturated rings. The summed E-state index contributed by atoms with van der Waals surface area (Å²) in [7, 11) is 0. The molecule has 7 nitrogen and oxygen atoms in total. The van der Waals surface area contributed by atoms with Crippen molar-refractivity contribution in [2.45, 2.75) is 32.1 Å². The molecule has 182 valence electrons. The Bertz CT molecular complexity index is 1160. The van der Waals surface area contributed by atoms with E-state index in [9.17, 15) is 9.90 Å². The van der Waals surface area contributed by atoms with Crippen LogP contribution in [0.5, 0.6) is 5.75 Å². The molecule has 1 aliphatic heterocycles. The second kappa shape index (κ2) is 10.9. The summed E-state index contributed by atoms with van der Waals surface area (Å²) < 4.78 is 5.51. The van der Waals surface area contributed by atoms with Crippen molar-refractivity contribution < 1.29 is 14.6 Å². The number of carbonyl (C=O) groups excluding carboxylic acids is 1. The largest absolute Gasteiger partial charge is 0.508 e. The van der Waals surface area contributed by atoms with E-state index in [1.807, 2.05) is 30.3 Å². The second-order valence-electron chi connectivity index (χ2n) is 9.35. The molecule has 1 aliphatic carbocycles. The Morgan fingerprint density at radius 2 is 1.91 bits per heavy atom. The van der Waals surface area contributed by atoms with Crippen LogP contribution in [0.4, 0.5) is 5.95 Å². The molecule has 0 bridgehead atoms. The summed E-state index contributed by atoms with van der Waals surface area (Å²) in [5.41, 5.74) is 5.17. The Labute approximate surface area is 206 Å². The fourth-order valence-corrected chi connectivity index (χ4v) is 4.97. The van der Waals surface area contributed by atoms with Crippen LogP contribution < -0.4 is 10.2 Å². The van der Waals surface area contributed by atoms with Crippen LogP contribution in [-0.4, -0.2) is 53.8 Å². The minimum Gasteiger partial charge on any atom is -0.508 e. The van der Waals surface area contributed by atoms with E-state index in [4.69, 9.17) is 14.7 Å². The van der Waals surface area contributed by atoms with Gasteiger partial charge in [-0.3, -0.25) is 4.79 Å². The lowest BCUT2D eigenvalue weighted by Crippen LogP contribution is -2.38. The molecule has 0 spiro atoms. The number of fused-ring (bicyclic) bond motifs is 1. The third-order valence-electron chi connectivity index (χ3n) is 6.83. The number of rotatable bonds is 7. The number of benzene rings is 2. The molecule has 2 aromatic carbocycles. The average Bonchev–Trinajstić information content (AvgIpc) is 2.89. The number of anilines is 1. The number of amides is 1.